The van der Waals surface area contributed by atoms with Gasteiger partial charge in [0.05, 0.1) is 0 Å². The summed E-state index contributed by atoms with van der Waals surface area (Å²) in [6.45, 7) is 6.47. The van der Waals surface area contributed by atoms with E-state index in [0.29, 0.717) is 0 Å². The Bertz CT molecular complexity index is 248. The third kappa shape index (κ3) is 2.21. The highest BCUT2D eigenvalue weighted by Gasteiger charge is 2.13. The molecule has 1 aromatic rings. The van der Waals surface area contributed by atoms with Gasteiger partial charge in [0.1, 0.15) is 0 Å². The van der Waals surface area contributed by atoms with Gasteiger partial charge in [-0.2, -0.15) is 0 Å². The van der Waals surface area contributed by atoms with E-state index in [9.17, 15) is 0 Å². The molecule has 0 fully saturated rings. The number of thioether (sulfide) groups is 1. The number of nitrogens with zero attached hydrogens (tertiary/aromatic N) is 2. The maximum Gasteiger partial charge on any atom is 0.187 e. The lowest BCUT2D eigenvalue weighted by Gasteiger charge is -2.17. The minimum absolute atomic E-state index is 0.150. The summed E-state index contributed by atoms with van der Waals surface area (Å²) in [4.78, 5) is 8.43. The minimum Gasteiger partial charge on any atom is -0.231 e. The average molecular weight is 182 g/mol. The zero-order valence-electron chi connectivity index (χ0n) is 7.96. The van der Waals surface area contributed by atoms with E-state index in [1.54, 1.807) is 11.8 Å². The first kappa shape index (κ1) is 9.52. The molecule has 0 unspecified atom stereocenters. The first-order valence-electron chi connectivity index (χ1n) is 3.90. The van der Waals surface area contributed by atoms with Crippen LogP contribution in [0.1, 0.15) is 26.3 Å². The Hall–Kier alpha value is -0.570. The maximum atomic E-state index is 4.22. The van der Waals surface area contributed by atoms with Crippen molar-refractivity contribution < 1.29 is 0 Å². The summed E-state index contributed by atoms with van der Waals surface area (Å²) in [7, 11) is 0. The van der Waals surface area contributed by atoms with E-state index >= 15 is 0 Å². The average Bonchev–Trinajstić information content (AvgIpc) is 2.03. The van der Waals surface area contributed by atoms with Crippen molar-refractivity contribution in [3.8, 4) is 0 Å². The van der Waals surface area contributed by atoms with Gasteiger partial charge >= 0.3 is 0 Å². The molecule has 3 heteroatoms. The Labute approximate surface area is 77.8 Å². The fourth-order valence-electron chi connectivity index (χ4n) is 0.809. The number of hydrogen-bond donors (Lipinski definition) is 0. The molecule has 1 aromatic heterocycles. The smallest absolute Gasteiger partial charge is 0.187 e. The van der Waals surface area contributed by atoms with Crippen LogP contribution in [0.25, 0.3) is 0 Å². The van der Waals surface area contributed by atoms with Crippen molar-refractivity contribution in [2.75, 3.05) is 6.26 Å². The molecule has 0 saturated carbocycles. The summed E-state index contributed by atoms with van der Waals surface area (Å²) in [5.74, 6) is 0. The molecule has 0 aliphatic carbocycles. The van der Waals surface area contributed by atoms with Crippen LogP contribution in [-0.4, -0.2) is 16.2 Å². The monoisotopic (exact) mass is 182 g/mol. The molecule has 0 aromatic carbocycles. The lowest BCUT2D eigenvalue weighted by Crippen LogP contribution is -2.11. The van der Waals surface area contributed by atoms with Gasteiger partial charge in [-0.25, -0.2) is 9.97 Å². The minimum atomic E-state index is 0.150. The molecule has 0 radical (unpaired) electrons. The SMILES string of the molecule is CSc1ncc(C(C)(C)C)cn1. The lowest BCUT2D eigenvalue weighted by molar-refractivity contribution is 0.580. The van der Waals surface area contributed by atoms with Gasteiger partial charge in [-0.15, -0.1) is 0 Å². The van der Waals surface area contributed by atoms with Gasteiger partial charge in [-0.05, 0) is 17.2 Å². The lowest BCUT2D eigenvalue weighted by atomic mass is 9.89. The maximum absolute atomic E-state index is 4.22. The molecule has 0 aliphatic rings. The first-order chi connectivity index (χ1) is 5.54. The van der Waals surface area contributed by atoms with Gasteiger partial charge in [-0.3, -0.25) is 0 Å². The van der Waals surface area contributed by atoms with Crippen LogP contribution in [-0.2, 0) is 5.41 Å². The molecular formula is C9H14N2S. The van der Waals surface area contributed by atoms with Crippen LogP contribution in [0, 0.1) is 0 Å². The van der Waals surface area contributed by atoms with Crippen molar-refractivity contribution in [1.82, 2.24) is 9.97 Å². The number of rotatable bonds is 1. The van der Waals surface area contributed by atoms with Crippen LogP contribution < -0.4 is 0 Å². The summed E-state index contributed by atoms with van der Waals surface area (Å²) in [5.41, 5.74) is 1.33. The summed E-state index contributed by atoms with van der Waals surface area (Å²) < 4.78 is 0. The standard InChI is InChI=1S/C9H14N2S/c1-9(2,3)7-5-10-8(12-4)11-6-7/h5-6H,1-4H3. The van der Waals surface area contributed by atoms with Crippen LogP contribution in [0.4, 0.5) is 0 Å². The van der Waals surface area contributed by atoms with Crippen LogP contribution in [0.3, 0.4) is 0 Å². The number of aromatic nitrogens is 2. The van der Waals surface area contributed by atoms with Crippen LogP contribution in [0.2, 0.25) is 0 Å². The van der Waals surface area contributed by atoms with Crippen molar-refractivity contribution in [2.24, 2.45) is 0 Å². The first-order valence-corrected chi connectivity index (χ1v) is 5.13. The third-order valence-electron chi connectivity index (χ3n) is 1.68. The zero-order chi connectivity index (χ0) is 9.19. The van der Waals surface area contributed by atoms with Gasteiger partial charge in [-0.1, -0.05) is 32.5 Å². The van der Waals surface area contributed by atoms with Crippen molar-refractivity contribution in [2.45, 2.75) is 31.3 Å². The summed E-state index contributed by atoms with van der Waals surface area (Å²) in [6.07, 6.45) is 5.78. The summed E-state index contributed by atoms with van der Waals surface area (Å²) in [5, 5.41) is 0.836. The van der Waals surface area contributed by atoms with Gasteiger partial charge in [0.25, 0.3) is 0 Å². The van der Waals surface area contributed by atoms with Crippen molar-refractivity contribution in [3.05, 3.63) is 18.0 Å². The van der Waals surface area contributed by atoms with E-state index in [-0.39, 0.29) is 5.41 Å². The normalized spacial score (nSPS) is 11.7. The van der Waals surface area contributed by atoms with Crippen molar-refractivity contribution in [1.29, 1.82) is 0 Å². The molecule has 0 spiro atoms. The third-order valence-corrected chi connectivity index (χ3v) is 2.25. The van der Waals surface area contributed by atoms with E-state index in [2.05, 4.69) is 30.7 Å². The Morgan fingerprint density at radius 2 is 1.67 bits per heavy atom. The molecule has 0 aliphatic heterocycles. The van der Waals surface area contributed by atoms with E-state index in [1.165, 1.54) is 5.56 Å². The Kier molecular flexibility index (Phi) is 2.73. The molecule has 0 atom stereocenters. The van der Waals surface area contributed by atoms with E-state index in [1.807, 2.05) is 18.6 Å². The second kappa shape index (κ2) is 3.44. The Morgan fingerprint density at radius 1 is 1.17 bits per heavy atom. The second-order valence-electron chi connectivity index (χ2n) is 3.71. The van der Waals surface area contributed by atoms with Gasteiger partial charge in [0, 0.05) is 12.4 Å². The largest absolute Gasteiger partial charge is 0.231 e. The highest BCUT2D eigenvalue weighted by Crippen LogP contribution is 2.20. The van der Waals surface area contributed by atoms with Crippen molar-refractivity contribution >= 4 is 11.8 Å². The van der Waals surface area contributed by atoms with Crippen LogP contribution >= 0.6 is 11.8 Å². The zero-order valence-corrected chi connectivity index (χ0v) is 8.77. The summed E-state index contributed by atoms with van der Waals surface area (Å²) >= 11 is 1.57. The molecule has 1 rings (SSSR count). The van der Waals surface area contributed by atoms with Gasteiger partial charge in [0.15, 0.2) is 5.16 Å². The van der Waals surface area contributed by atoms with E-state index < -0.39 is 0 Å². The molecule has 0 N–H and O–H groups in total. The highest BCUT2D eigenvalue weighted by molar-refractivity contribution is 7.98. The molecule has 12 heavy (non-hydrogen) atoms. The molecule has 0 saturated heterocycles. The molecule has 1 heterocycles. The predicted molar refractivity (Wildman–Crippen MR) is 52.5 cm³/mol. The van der Waals surface area contributed by atoms with Crippen LogP contribution in [0.5, 0.6) is 0 Å². The van der Waals surface area contributed by atoms with Gasteiger partial charge in [0.2, 0.25) is 0 Å². The molecule has 0 bridgehead atoms. The quantitative estimate of drug-likeness (QED) is 0.493. The highest BCUT2D eigenvalue weighted by atomic mass is 32.2. The fraction of sp³-hybridized carbons (Fsp3) is 0.556. The molecule has 66 valence electrons. The van der Waals surface area contributed by atoms with Crippen LogP contribution in [0.15, 0.2) is 17.6 Å². The summed E-state index contributed by atoms with van der Waals surface area (Å²) in [6, 6.07) is 0. The molecule has 2 nitrogen and oxygen atoms in total. The fourth-order valence-corrected chi connectivity index (χ4v) is 1.13. The van der Waals surface area contributed by atoms with E-state index in [4.69, 9.17) is 0 Å². The topological polar surface area (TPSA) is 25.8 Å². The second-order valence-corrected chi connectivity index (χ2v) is 4.48. The Balaban J connectivity index is 2.93. The van der Waals surface area contributed by atoms with Gasteiger partial charge < -0.3 is 0 Å². The van der Waals surface area contributed by atoms with Crippen molar-refractivity contribution in [3.63, 3.8) is 0 Å². The van der Waals surface area contributed by atoms with E-state index in [0.717, 1.165) is 5.16 Å². The predicted octanol–water partition coefficient (Wildman–Crippen LogP) is 2.50. The Morgan fingerprint density at radius 3 is 2.00 bits per heavy atom. The molecule has 0 amide bonds. The number of hydrogen-bond acceptors (Lipinski definition) is 3. The molecular weight excluding hydrogens is 168 g/mol.